The zero-order chi connectivity index (χ0) is 26.7. The molecule has 7 nitrogen and oxygen atoms in total. The van der Waals surface area contributed by atoms with Crippen LogP contribution in [-0.4, -0.2) is 54.9 Å². The van der Waals surface area contributed by atoms with Gasteiger partial charge in [-0.25, -0.2) is 8.42 Å². The summed E-state index contributed by atoms with van der Waals surface area (Å²) in [6, 6.07) is 7.31. The summed E-state index contributed by atoms with van der Waals surface area (Å²) in [4.78, 5) is 29.5. The third-order valence-corrected chi connectivity index (χ3v) is 7.76. The molecule has 1 unspecified atom stereocenters. The first kappa shape index (κ1) is 27.8. The number of sulfone groups is 1. The van der Waals surface area contributed by atoms with Crippen LogP contribution in [0.2, 0.25) is 0 Å². The summed E-state index contributed by atoms with van der Waals surface area (Å²) in [6.45, 7) is 5.04. The molecule has 0 aliphatic carbocycles. The lowest BCUT2D eigenvalue weighted by atomic mass is 9.97. The number of nitrogens with one attached hydrogen (secondary N) is 2. The summed E-state index contributed by atoms with van der Waals surface area (Å²) in [5, 5.41) is 4.90. The Kier molecular flexibility index (Phi) is 8.55. The summed E-state index contributed by atoms with van der Waals surface area (Å²) < 4.78 is 66.0. The average Bonchev–Trinajstić information content (AvgIpc) is 2.78. The molecule has 11 heteroatoms. The van der Waals surface area contributed by atoms with Crippen molar-refractivity contribution in [3.8, 4) is 11.1 Å². The molecule has 1 aliphatic heterocycles. The molecule has 1 aliphatic rings. The van der Waals surface area contributed by atoms with Gasteiger partial charge in [0, 0.05) is 11.8 Å². The van der Waals surface area contributed by atoms with Crippen LogP contribution in [-0.2, 0) is 19.4 Å². The first-order valence-corrected chi connectivity index (χ1v) is 13.5. The number of alkyl halides is 3. The number of Topliss-reactive ketones (excluding diaryl/α,β-unsaturated/α-hetero) is 1. The van der Waals surface area contributed by atoms with E-state index in [1.54, 1.807) is 19.9 Å². The van der Waals surface area contributed by atoms with Crippen LogP contribution in [0.1, 0.15) is 38.9 Å². The average molecular weight is 526 g/mol. The molecule has 36 heavy (non-hydrogen) atoms. The number of rotatable bonds is 8. The quantitative estimate of drug-likeness (QED) is 0.547. The molecule has 0 spiro atoms. The van der Waals surface area contributed by atoms with Gasteiger partial charge in [0.2, 0.25) is 5.91 Å². The molecular formula is C25H30F3N3O4S. The highest BCUT2D eigenvalue weighted by molar-refractivity contribution is 7.92. The van der Waals surface area contributed by atoms with E-state index in [4.69, 9.17) is 0 Å². The number of halogens is 3. The minimum absolute atomic E-state index is 0.0636. The number of amides is 1. The van der Waals surface area contributed by atoms with Crippen LogP contribution in [0.15, 0.2) is 48.7 Å². The molecule has 4 atom stereocenters. The van der Waals surface area contributed by atoms with Crippen LogP contribution >= 0.6 is 0 Å². The molecule has 1 aromatic heterocycles. The van der Waals surface area contributed by atoms with Crippen molar-refractivity contribution < 1.29 is 31.2 Å². The number of hydrogen-bond acceptors (Lipinski definition) is 6. The van der Waals surface area contributed by atoms with Gasteiger partial charge in [-0.3, -0.25) is 19.9 Å². The van der Waals surface area contributed by atoms with Gasteiger partial charge < -0.3 is 5.32 Å². The van der Waals surface area contributed by atoms with Gasteiger partial charge in [-0.2, -0.15) is 13.2 Å². The standard InChI is InChI=1S/C25H30F3N3O4S/c1-15(2)11-20(24(33)31-22-16(3)13-36(34,35)14-21(22)32)30-23(25(26,27)28)19-10-9-18(12-29-19)17-7-5-4-6-8-17/h4-10,12,15-16,20,22-23,30H,11,13-14H2,1-3H3,(H,31,33)/t16?,20-,22-,23-/m0/s1. The van der Waals surface area contributed by atoms with Crippen LogP contribution in [0.25, 0.3) is 11.1 Å². The molecule has 1 amide bonds. The van der Waals surface area contributed by atoms with Crippen LogP contribution in [0.3, 0.4) is 0 Å². The van der Waals surface area contributed by atoms with E-state index in [1.807, 2.05) is 30.3 Å². The van der Waals surface area contributed by atoms with E-state index >= 15 is 0 Å². The zero-order valence-electron chi connectivity index (χ0n) is 20.2. The maximum Gasteiger partial charge on any atom is 0.409 e. The minimum Gasteiger partial charge on any atom is -0.345 e. The second-order valence-corrected chi connectivity index (χ2v) is 11.8. The highest BCUT2D eigenvalue weighted by Crippen LogP contribution is 2.33. The molecule has 1 aromatic carbocycles. The number of aromatic nitrogens is 1. The number of ketones is 1. The van der Waals surface area contributed by atoms with Gasteiger partial charge in [0.1, 0.15) is 11.8 Å². The highest BCUT2D eigenvalue weighted by atomic mass is 32.2. The number of carbonyl (C=O) groups excluding carboxylic acids is 2. The first-order chi connectivity index (χ1) is 16.8. The van der Waals surface area contributed by atoms with E-state index in [0.29, 0.717) is 5.56 Å². The lowest BCUT2D eigenvalue weighted by Crippen LogP contribution is -2.58. The zero-order valence-corrected chi connectivity index (χ0v) is 21.1. The van der Waals surface area contributed by atoms with Gasteiger partial charge in [0.25, 0.3) is 0 Å². The molecule has 2 N–H and O–H groups in total. The lowest BCUT2D eigenvalue weighted by Gasteiger charge is -2.32. The van der Waals surface area contributed by atoms with Crippen molar-refractivity contribution in [1.29, 1.82) is 0 Å². The monoisotopic (exact) mass is 525 g/mol. The van der Waals surface area contributed by atoms with Crippen molar-refractivity contribution in [1.82, 2.24) is 15.6 Å². The molecular weight excluding hydrogens is 495 g/mol. The smallest absolute Gasteiger partial charge is 0.345 e. The Bertz CT molecular complexity index is 1170. The molecule has 0 radical (unpaired) electrons. The fourth-order valence-corrected chi connectivity index (χ4v) is 6.03. The van der Waals surface area contributed by atoms with Crippen LogP contribution < -0.4 is 10.6 Å². The highest BCUT2D eigenvalue weighted by Gasteiger charge is 2.45. The Morgan fingerprint density at radius 1 is 1.11 bits per heavy atom. The molecule has 0 bridgehead atoms. The van der Waals surface area contributed by atoms with Gasteiger partial charge in [-0.05, 0) is 29.9 Å². The van der Waals surface area contributed by atoms with Crippen LogP contribution in [0.4, 0.5) is 13.2 Å². The molecule has 1 fully saturated rings. The van der Waals surface area contributed by atoms with E-state index in [-0.39, 0.29) is 23.8 Å². The fraction of sp³-hybridized carbons (Fsp3) is 0.480. The largest absolute Gasteiger partial charge is 0.409 e. The summed E-state index contributed by atoms with van der Waals surface area (Å²) in [5.41, 5.74) is 1.16. The van der Waals surface area contributed by atoms with Crippen molar-refractivity contribution in [2.75, 3.05) is 11.5 Å². The fourth-order valence-electron chi connectivity index (χ4n) is 4.30. The predicted molar refractivity (Wildman–Crippen MR) is 130 cm³/mol. The van der Waals surface area contributed by atoms with Gasteiger partial charge >= 0.3 is 6.18 Å². The number of hydrogen-bond donors (Lipinski definition) is 2. The van der Waals surface area contributed by atoms with E-state index in [2.05, 4.69) is 15.6 Å². The number of nitrogens with zero attached hydrogens (tertiary/aromatic N) is 1. The molecule has 0 saturated carbocycles. The van der Waals surface area contributed by atoms with E-state index < -0.39 is 57.5 Å². The van der Waals surface area contributed by atoms with Crippen molar-refractivity contribution in [2.24, 2.45) is 11.8 Å². The van der Waals surface area contributed by atoms with Crippen LogP contribution in [0.5, 0.6) is 0 Å². The summed E-state index contributed by atoms with van der Waals surface area (Å²) >= 11 is 0. The van der Waals surface area contributed by atoms with Crippen molar-refractivity contribution in [2.45, 2.75) is 51.5 Å². The number of pyridine rings is 1. The maximum absolute atomic E-state index is 14.1. The van der Waals surface area contributed by atoms with E-state index in [1.165, 1.54) is 19.2 Å². The number of benzene rings is 1. The molecule has 2 heterocycles. The summed E-state index contributed by atoms with van der Waals surface area (Å²) in [7, 11) is -3.56. The van der Waals surface area contributed by atoms with Gasteiger partial charge in [0.05, 0.1) is 23.5 Å². The van der Waals surface area contributed by atoms with Crippen molar-refractivity contribution in [3.63, 3.8) is 0 Å². The topological polar surface area (TPSA) is 105 Å². The van der Waals surface area contributed by atoms with Gasteiger partial charge in [-0.15, -0.1) is 0 Å². The van der Waals surface area contributed by atoms with Crippen molar-refractivity contribution in [3.05, 3.63) is 54.4 Å². The third-order valence-electron chi connectivity index (χ3n) is 6.00. The molecule has 2 aromatic rings. The molecule has 3 rings (SSSR count). The second-order valence-electron chi connectivity index (χ2n) is 9.65. The number of carbonyl (C=O) groups is 2. The normalized spacial score (nSPS) is 21.7. The predicted octanol–water partition coefficient (Wildman–Crippen LogP) is 3.47. The Labute approximate surface area is 208 Å². The first-order valence-electron chi connectivity index (χ1n) is 11.6. The Morgan fingerprint density at radius 2 is 1.78 bits per heavy atom. The maximum atomic E-state index is 14.1. The lowest BCUT2D eigenvalue weighted by molar-refractivity contribution is -0.162. The van der Waals surface area contributed by atoms with Crippen LogP contribution in [0, 0.1) is 11.8 Å². The Balaban J connectivity index is 1.83. The van der Waals surface area contributed by atoms with Crippen molar-refractivity contribution >= 4 is 21.5 Å². The van der Waals surface area contributed by atoms with Gasteiger partial charge in [-0.1, -0.05) is 57.2 Å². The van der Waals surface area contributed by atoms with E-state index in [0.717, 1.165) is 5.56 Å². The molecule has 196 valence electrons. The SMILES string of the molecule is CC(C)C[C@H](N[C@@H](c1ccc(-c2ccccc2)cn1)C(F)(F)F)C(=O)N[C@@H]1C(=O)CS(=O)(=O)CC1C. The summed E-state index contributed by atoms with van der Waals surface area (Å²) in [6.07, 6.45) is -3.33. The minimum atomic E-state index is -4.75. The molecule has 1 saturated heterocycles. The summed E-state index contributed by atoms with van der Waals surface area (Å²) in [5.74, 6) is -3.28. The Hall–Kier alpha value is -2.79. The Morgan fingerprint density at radius 3 is 2.31 bits per heavy atom. The third kappa shape index (κ3) is 7.13. The second kappa shape index (κ2) is 11.1. The van der Waals surface area contributed by atoms with Gasteiger partial charge in [0.15, 0.2) is 15.6 Å². The van der Waals surface area contributed by atoms with E-state index in [9.17, 15) is 31.2 Å².